The van der Waals surface area contributed by atoms with Crippen LogP contribution >= 0.6 is 11.6 Å². The number of benzene rings is 2. The van der Waals surface area contributed by atoms with Crippen molar-refractivity contribution in [3.8, 4) is 17.1 Å². The molecule has 1 aromatic heterocycles. The highest BCUT2D eigenvalue weighted by atomic mass is 35.5. The molecule has 1 heterocycles. The molecular weight excluding hydrogens is 378 g/mol. The summed E-state index contributed by atoms with van der Waals surface area (Å²) in [6, 6.07) is 13.6. The van der Waals surface area contributed by atoms with E-state index in [2.05, 4.69) is 14.9 Å². The third-order valence-electron chi connectivity index (χ3n) is 3.44. The maximum atomic E-state index is 11.6. The Balaban J connectivity index is 1.64. The molecule has 136 valence electrons. The first-order valence-electron chi connectivity index (χ1n) is 7.77. The van der Waals surface area contributed by atoms with E-state index < -0.39 is 10.0 Å². The van der Waals surface area contributed by atoms with Gasteiger partial charge in [-0.1, -0.05) is 16.8 Å². The zero-order valence-electron chi connectivity index (χ0n) is 13.8. The van der Waals surface area contributed by atoms with Crippen LogP contribution in [0.15, 0.2) is 53.1 Å². The number of halogens is 1. The second-order valence-electron chi connectivity index (χ2n) is 5.34. The highest BCUT2D eigenvalue weighted by molar-refractivity contribution is 7.92. The predicted octanol–water partition coefficient (Wildman–Crippen LogP) is 3.73. The minimum absolute atomic E-state index is 0.0105. The number of anilines is 1. The molecule has 2 aromatic carbocycles. The van der Waals surface area contributed by atoms with Gasteiger partial charge in [0.25, 0.3) is 5.89 Å². The van der Waals surface area contributed by atoms with Gasteiger partial charge in [-0.05, 0) is 55.5 Å². The lowest BCUT2D eigenvalue weighted by molar-refractivity contribution is 0.243. The summed E-state index contributed by atoms with van der Waals surface area (Å²) in [6.07, 6.45) is 0. The molecule has 26 heavy (non-hydrogen) atoms. The molecule has 0 aliphatic carbocycles. The normalized spacial score (nSPS) is 11.3. The van der Waals surface area contributed by atoms with Gasteiger partial charge in [-0.15, -0.1) is 0 Å². The first kappa shape index (κ1) is 18.2. The van der Waals surface area contributed by atoms with Gasteiger partial charge in [-0.25, -0.2) is 8.42 Å². The van der Waals surface area contributed by atoms with Crippen LogP contribution in [0.4, 0.5) is 5.69 Å². The minimum atomic E-state index is -3.31. The number of nitrogens with zero attached hydrogens (tertiary/aromatic N) is 2. The molecule has 0 amide bonds. The van der Waals surface area contributed by atoms with Crippen LogP contribution in [-0.4, -0.2) is 24.3 Å². The number of aromatic nitrogens is 2. The molecule has 0 spiro atoms. The smallest absolute Gasteiger partial charge is 0.264 e. The Morgan fingerprint density at radius 1 is 1.12 bits per heavy atom. The fourth-order valence-corrected chi connectivity index (χ4v) is 2.81. The van der Waals surface area contributed by atoms with Gasteiger partial charge in [0.1, 0.15) is 5.75 Å². The molecule has 0 aliphatic rings. The molecule has 0 saturated carbocycles. The Kier molecular flexibility index (Phi) is 5.43. The number of sulfonamides is 1. The van der Waals surface area contributed by atoms with Crippen LogP contribution in [-0.2, 0) is 16.6 Å². The Bertz CT molecular complexity index is 970. The minimum Gasteiger partial charge on any atom is -0.484 e. The molecular formula is C17H16ClN3O4S. The number of nitrogens with one attached hydrogen (secondary N) is 1. The summed E-state index contributed by atoms with van der Waals surface area (Å²) in [5.41, 5.74) is 1.18. The van der Waals surface area contributed by atoms with Crippen molar-refractivity contribution in [2.24, 2.45) is 0 Å². The van der Waals surface area contributed by atoms with Crippen LogP contribution in [0.3, 0.4) is 0 Å². The molecule has 0 unspecified atom stereocenters. The highest BCUT2D eigenvalue weighted by Crippen LogP contribution is 2.21. The maximum Gasteiger partial charge on any atom is 0.264 e. The van der Waals surface area contributed by atoms with Crippen LogP contribution in [0.25, 0.3) is 11.4 Å². The van der Waals surface area contributed by atoms with Crippen molar-refractivity contribution in [3.05, 3.63) is 59.4 Å². The van der Waals surface area contributed by atoms with Crippen molar-refractivity contribution in [1.29, 1.82) is 0 Å². The van der Waals surface area contributed by atoms with E-state index in [1.165, 1.54) is 0 Å². The highest BCUT2D eigenvalue weighted by Gasteiger charge is 2.11. The Morgan fingerprint density at radius 2 is 1.81 bits per heavy atom. The van der Waals surface area contributed by atoms with E-state index in [1.54, 1.807) is 55.5 Å². The van der Waals surface area contributed by atoms with Crippen molar-refractivity contribution in [2.45, 2.75) is 13.5 Å². The maximum absolute atomic E-state index is 11.6. The van der Waals surface area contributed by atoms with Crippen LogP contribution in [0.2, 0.25) is 5.02 Å². The molecule has 7 nitrogen and oxygen atoms in total. The van der Waals surface area contributed by atoms with Crippen molar-refractivity contribution >= 4 is 27.3 Å². The Labute approximate surface area is 156 Å². The second-order valence-corrected chi connectivity index (χ2v) is 7.78. The molecule has 0 radical (unpaired) electrons. The van der Waals surface area contributed by atoms with Crippen LogP contribution in [0, 0.1) is 0 Å². The van der Waals surface area contributed by atoms with Crippen molar-refractivity contribution < 1.29 is 17.7 Å². The topological polar surface area (TPSA) is 94.3 Å². The summed E-state index contributed by atoms with van der Waals surface area (Å²) < 4.78 is 36.3. The monoisotopic (exact) mass is 393 g/mol. The van der Waals surface area contributed by atoms with Gasteiger partial charge < -0.3 is 9.26 Å². The first-order chi connectivity index (χ1) is 12.4. The summed E-state index contributed by atoms with van der Waals surface area (Å²) in [4.78, 5) is 4.27. The molecule has 9 heteroatoms. The van der Waals surface area contributed by atoms with E-state index in [0.717, 1.165) is 0 Å². The standard InChI is InChI=1S/C17H16ClN3O4S/c1-2-26(22,23)21-14-7-3-12(4-8-14)17-19-16(25-20-17)11-24-15-9-5-13(18)6-10-15/h3-10,21H,2,11H2,1H3. The molecule has 3 rings (SSSR count). The summed E-state index contributed by atoms with van der Waals surface area (Å²) in [6.45, 7) is 1.70. The van der Waals surface area contributed by atoms with Gasteiger partial charge in [0.05, 0.1) is 5.75 Å². The largest absolute Gasteiger partial charge is 0.484 e. The molecule has 0 aliphatic heterocycles. The van der Waals surface area contributed by atoms with E-state index >= 15 is 0 Å². The second kappa shape index (κ2) is 7.76. The van der Waals surface area contributed by atoms with Crippen molar-refractivity contribution in [1.82, 2.24) is 10.1 Å². The zero-order valence-corrected chi connectivity index (χ0v) is 15.4. The van der Waals surface area contributed by atoms with Crippen LogP contribution < -0.4 is 9.46 Å². The Hall–Kier alpha value is -2.58. The molecule has 3 aromatic rings. The quantitative estimate of drug-likeness (QED) is 0.657. The van der Waals surface area contributed by atoms with Gasteiger partial charge in [-0.3, -0.25) is 4.72 Å². The SMILES string of the molecule is CCS(=O)(=O)Nc1ccc(-c2noc(COc3ccc(Cl)cc3)n2)cc1. The summed E-state index contributed by atoms with van der Waals surface area (Å²) in [5.74, 6) is 1.37. The van der Waals surface area contributed by atoms with Crippen molar-refractivity contribution in [3.63, 3.8) is 0 Å². The third-order valence-corrected chi connectivity index (χ3v) is 5.00. The summed E-state index contributed by atoms with van der Waals surface area (Å²) in [5, 5.41) is 4.53. The molecule has 1 N–H and O–H groups in total. The summed E-state index contributed by atoms with van der Waals surface area (Å²) in [7, 11) is -3.31. The molecule has 0 fully saturated rings. The van der Waals surface area contributed by atoms with Crippen molar-refractivity contribution in [2.75, 3.05) is 10.5 Å². The first-order valence-corrected chi connectivity index (χ1v) is 9.80. The average molecular weight is 394 g/mol. The van der Waals surface area contributed by atoms with E-state index in [4.69, 9.17) is 20.9 Å². The molecule has 0 bridgehead atoms. The van der Waals surface area contributed by atoms with Crippen LogP contribution in [0.1, 0.15) is 12.8 Å². The predicted molar refractivity (Wildman–Crippen MR) is 98.6 cm³/mol. The summed E-state index contributed by atoms with van der Waals surface area (Å²) >= 11 is 5.82. The van der Waals surface area contributed by atoms with Gasteiger partial charge in [0, 0.05) is 16.3 Å². The van der Waals surface area contributed by atoms with E-state index in [1.807, 2.05) is 0 Å². The number of hydrogen-bond acceptors (Lipinski definition) is 6. The van der Waals surface area contributed by atoms with E-state index in [-0.39, 0.29) is 12.4 Å². The van der Waals surface area contributed by atoms with Gasteiger partial charge >= 0.3 is 0 Å². The lowest BCUT2D eigenvalue weighted by Gasteiger charge is -2.05. The van der Waals surface area contributed by atoms with Gasteiger partial charge in [0.2, 0.25) is 15.8 Å². The number of hydrogen-bond donors (Lipinski definition) is 1. The lowest BCUT2D eigenvalue weighted by atomic mass is 10.2. The zero-order chi connectivity index (χ0) is 18.6. The molecule has 0 saturated heterocycles. The van der Waals surface area contributed by atoms with E-state index in [0.29, 0.717) is 33.7 Å². The molecule has 0 atom stereocenters. The number of ether oxygens (including phenoxy) is 1. The van der Waals surface area contributed by atoms with Gasteiger partial charge in [-0.2, -0.15) is 4.98 Å². The third kappa shape index (κ3) is 4.74. The Morgan fingerprint density at radius 3 is 2.46 bits per heavy atom. The average Bonchev–Trinajstić information content (AvgIpc) is 3.11. The van der Waals surface area contributed by atoms with E-state index in [9.17, 15) is 8.42 Å². The number of rotatable bonds is 7. The lowest BCUT2D eigenvalue weighted by Crippen LogP contribution is -2.14. The fraction of sp³-hybridized carbons (Fsp3) is 0.176. The fourth-order valence-electron chi connectivity index (χ4n) is 2.05. The van der Waals surface area contributed by atoms with Gasteiger partial charge in [0.15, 0.2) is 6.61 Å². The van der Waals surface area contributed by atoms with Crippen LogP contribution in [0.5, 0.6) is 5.75 Å².